The van der Waals surface area contributed by atoms with Gasteiger partial charge in [0.2, 0.25) is 5.43 Å². The Hall–Kier alpha value is -0.830. The van der Waals surface area contributed by atoms with E-state index in [1.807, 2.05) is 12.1 Å². The molecule has 0 radical (unpaired) electrons. The Morgan fingerprint density at radius 1 is 0.880 bits per heavy atom. The van der Waals surface area contributed by atoms with Crippen LogP contribution in [0.5, 0.6) is 11.5 Å². The molecule has 4 nitrogen and oxygen atoms in total. The largest absolute Gasteiger partial charge is 0.497 e. The Kier molecular flexibility index (Phi) is 5.63. The van der Waals surface area contributed by atoms with Gasteiger partial charge in [-0.1, -0.05) is 12.1 Å². The molecule has 0 fully saturated rings. The molecule has 0 aliphatic heterocycles. The van der Waals surface area contributed by atoms with Crippen molar-refractivity contribution < 1.29 is 13.9 Å². The number of rotatable bonds is 3. The first kappa shape index (κ1) is 18.9. The van der Waals surface area contributed by atoms with E-state index in [4.69, 9.17) is 13.9 Å². The van der Waals surface area contributed by atoms with Gasteiger partial charge in [0.05, 0.1) is 34.1 Å². The van der Waals surface area contributed by atoms with Crippen molar-refractivity contribution in [3.05, 3.63) is 52.6 Å². The van der Waals surface area contributed by atoms with E-state index in [2.05, 4.69) is 63.7 Å². The Morgan fingerprint density at radius 2 is 1.52 bits per heavy atom. The highest BCUT2D eigenvalue weighted by molar-refractivity contribution is 9.13. The van der Waals surface area contributed by atoms with E-state index in [1.54, 1.807) is 26.4 Å². The SMILES string of the molecule is COc1ccc(-c2c(Br)oc3c(Br)c(OC)c(Br)c(Br)c3c2=O)cc1. The Morgan fingerprint density at radius 3 is 2.08 bits per heavy atom. The zero-order chi connectivity index (χ0) is 18.3. The van der Waals surface area contributed by atoms with E-state index in [0.29, 0.717) is 46.1 Å². The topological polar surface area (TPSA) is 48.7 Å². The van der Waals surface area contributed by atoms with Gasteiger partial charge in [0, 0.05) is 0 Å². The first-order valence-electron chi connectivity index (χ1n) is 6.91. The minimum atomic E-state index is -0.172. The van der Waals surface area contributed by atoms with Crippen molar-refractivity contribution in [2.45, 2.75) is 0 Å². The highest BCUT2D eigenvalue weighted by Crippen LogP contribution is 2.45. The van der Waals surface area contributed by atoms with E-state index in [0.717, 1.165) is 5.56 Å². The van der Waals surface area contributed by atoms with Gasteiger partial charge in [-0.25, -0.2) is 0 Å². The van der Waals surface area contributed by atoms with Crippen molar-refractivity contribution in [3.8, 4) is 22.6 Å². The smallest absolute Gasteiger partial charge is 0.202 e. The van der Waals surface area contributed by atoms with E-state index in [9.17, 15) is 4.79 Å². The molecule has 8 heteroatoms. The van der Waals surface area contributed by atoms with Crippen LogP contribution in [0.3, 0.4) is 0 Å². The predicted octanol–water partition coefficient (Wildman–Crippen LogP) is 6.53. The molecule has 1 heterocycles. The molecule has 2 aromatic carbocycles. The van der Waals surface area contributed by atoms with E-state index >= 15 is 0 Å². The van der Waals surface area contributed by atoms with E-state index in [-0.39, 0.29) is 5.43 Å². The lowest BCUT2D eigenvalue weighted by molar-refractivity contribution is 0.408. The molecule has 0 saturated carbocycles. The van der Waals surface area contributed by atoms with Gasteiger partial charge >= 0.3 is 0 Å². The minimum Gasteiger partial charge on any atom is -0.497 e. The molecule has 0 atom stereocenters. The van der Waals surface area contributed by atoms with Crippen LogP contribution in [0, 0.1) is 0 Å². The Labute approximate surface area is 177 Å². The van der Waals surface area contributed by atoms with Crippen LogP contribution in [0.25, 0.3) is 22.1 Å². The fourth-order valence-corrected chi connectivity index (χ4v) is 5.03. The standard InChI is InChI=1S/C17H10Br4O4/c1-23-8-5-3-7(4-6-8)9-14(22)10-11(18)12(19)16(24-2)13(20)15(10)25-17(9)21/h3-6H,1-2H3. The molecular formula is C17H10Br4O4. The molecule has 0 aliphatic carbocycles. The van der Waals surface area contributed by atoms with Gasteiger partial charge in [0.1, 0.15) is 10.2 Å². The van der Waals surface area contributed by atoms with Crippen molar-refractivity contribution in [1.29, 1.82) is 0 Å². The van der Waals surface area contributed by atoms with Crippen LogP contribution in [0.1, 0.15) is 0 Å². The third kappa shape index (κ3) is 3.18. The molecule has 1 aromatic heterocycles. The molecule has 0 bridgehead atoms. The Bertz CT molecular complexity index is 1030. The van der Waals surface area contributed by atoms with Gasteiger partial charge in [0.25, 0.3) is 0 Å². The second-order valence-corrected chi connectivity index (χ2v) is 8.09. The predicted molar refractivity (Wildman–Crippen MR) is 112 cm³/mol. The number of benzene rings is 2. The average Bonchev–Trinajstić information content (AvgIpc) is 2.60. The van der Waals surface area contributed by atoms with Gasteiger partial charge in [-0.05, 0) is 81.4 Å². The first-order valence-corrected chi connectivity index (χ1v) is 10.1. The summed E-state index contributed by atoms with van der Waals surface area (Å²) in [5, 5.41) is 0.411. The highest BCUT2D eigenvalue weighted by atomic mass is 79.9. The van der Waals surface area contributed by atoms with Gasteiger partial charge in [0.15, 0.2) is 16.0 Å². The summed E-state index contributed by atoms with van der Waals surface area (Å²) in [5.41, 5.74) is 1.37. The summed E-state index contributed by atoms with van der Waals surface area (Å²) in [6, 6.07) is 7.20. The maximum atomic E-state index is 13.2. The molecule has 3 rings (SSSR count). The number of hydrogen-bond donors (Lipinski definition) is 0. The third-order valence-corrected chi connectivity index (χ3v) is 7.02. The molecule has 0 amide bonds. The fourth-order valence-electron chi connectivity index (χ4n) is 2.45. The summed E-state index contributed by atoms with van der Waals surface area (Å²) in [7, 11) is 3.14. The van der Waals surface area contributed by atoms with Crippen LogP contribution in [0.15, 0.2) is 51.6 Å². The van der Waals surface area contributed by atoms with Crippen LogP contribution in [-0.2, 0) is 0 Å². The van der Waals surface area contributed by atoms with Crippen LogP contribution in [-0.4, -0.2) is 14.2 Å². The van der Waals surface area contributed by atoms with Crippen molar-refractivity contribution >= 4 is 74.7 Å². The van der Waals surface area contributed by atoms with Crippen molar-refractivity contribution in [3.63, 3.8) is 0 Å². The van der Waals surface area contributed by atoms with Crippen LogP contribution in [0.2, 0.25) is 0 Å². The molecule has 25 heavy (non-hydrogen) atoms. The van der Waals surface area contributed by atoms with Crippen molar-refractivity contribution in [2.24, 2.45) is 0 Å². The second-order valence-electron chi connectivity index (χ2n) is 4.99. The molecule has 3 aromatic rings. The maximum Gasteiger partial charge on any atom is 0.202 e. The van der Waals surface area contributed by atoms with Gasteiger partial charge < -0.3 is 13.9 Å². The molecule has 0 aliphatic rings. The van der Waals surface area contributed by atoms with Gasteiger partial charge in [-0.2, -0.15) is 0 Å². The number of fused-ring (bicyclic) bond motifs is 1. The van der Waals surface area contributed by atoms with Crippen molar-refractivity contribution in [1.82, 2.24) is 0 Å². The average molecular weight is 598 g/mol. The molecule has 0 unspecified atom stereocenters. The molecule has 0 N–H and O–H groups in total. The second kappa shape index (κ2) is 7.42. The van der Waals surface area contributed by atoms with Gasteiger partial charge in [-0.15, -0.1) is 0 Å². The number of hydrogen-bond acceptors (Lipinski definition) is 4. The summed E-state index contributed by atoms with van der Waals surface area (Å²) in [6.45, 7) is 0. The molecule has 130 valence electrons. The fraction of sp³-hybridized carbons (Fsp3) is 0.118. The molecule has 0 saturated heterocycles. The monoisotopic (exact) mass is 594 g/mol. The summed E-state index contributed by atoms with van der Waals surface area (Å²) in [6.07, 6.45) is 0. The quantitative estimate of drug-likeness (QED) is 0.322. The van der Waals surface area contributed by atoms with Crippen molar-refractivity contribution in [2.75, 3.05) is 14.2 Å². The molecular weight excluding hydrogens is 588 g/mol. The zero-order valence-corrected chi connectivity index (χ0v) is 19.3. The summed E-state index contributed by atoms with van der Waals surface area (Å²) in [4.78, 5) is 13.2. The lowest BCUT2D eigenvalue weighted by Crippen LogP contribution is -2.08. The van der Waals surface area contributed by atoms with Gasteiger partial charge in [-0.3, -0.25) is 4.79 Å². The maximum absolute atomic E-state index is 13.2. The normalized spacial score (nSPS) is 11.0. The lowest BCUT2D eigenvalue weighted by Gasteiger charge is -2.13. The Balaban J connectivity index is 2.39. The summed E-state index contributed by atoms with van der Waals surface area (Å²) >= 11 is 13.7. The van der Waals surface area contributed by atoms with E-state index < -0.39 is 0 Å². The number of ether oxygens (including phenoxy) is 2. The zero-order valence-electron chi connectivity index (χ0n) is 13.0. The summed E-state index contributed by atoms with van der Waals surface area (Å²) < 4.78 is 18.5. The minimum absolute atomic E-state index is 0.172. The first-order chi connectivity index (χ1) is 11.9. The van der Waals surface area contributed by atoms with Crippen LogP contribution in [0.4, 0.5) is 0 Å². The van der Waals surface area contributed by atoms with Crippen LogP contribution >= 0.6 is 63.7 Å². The summed E-state index contributed by atoms with van der Waals surface area (Å²) in [5.74, 6) is 1.24. The number of methoxy groups -OCH3 is 2. The number of halogens is 4. The van der Waals surface area contributed by atoms with E-state index in [1.165, 1.54) is 0 Å². The third-order valence-electron chi connectivity index (χ3n) is 3.66. The highest BCUT2D eigenvalue weighted by Gasteiger charge is 2.24. The lowest BCUT2D eigenvalue weighted by atomic mass is 10.1. The van der Waals surface area contributed by atoms with Crippen LogP contribution < -0.4 is 14.9 Å². The molecule has 0 spiro atoms.